The van der Waals surface area contributed by atoms with Crippen molar-refractivity contribution in [1.82, 2.24) is 14.7 Å². The van der Waals surface area contributed by atoms with Crippen LogP contribution in [0.15, 0.2) is 18.2 Å². The molecule has 0 saturated carbocycles. The maximum atomic E-state index is 13.3. The number of fused-ring (bicyclic) bond motifs is 1. The number of nitrogens with one attached hydrogen (secondary N) is 1. The number of rotatable bonds is 2. The molecule has 3 heterocycles. The molecular weight excluding hydrogens is 340 g/mol. The van der Waals surface area contributed by atoms with E-state index in [1.165, 1.54) is 5.56 Å². The molecule has 2 aromatic rings. The van der Waals surface area contributed by atoms with Gasteiger partial charge in [0.15, 0.2) is 0 Å². The summed E-state index contributed by atoms with van der Waals surface area (Å²) in [7, 11) is 1.94. The second-order valence-electron chi connectivity index (χ2n) is 8.20. The number of amides is 2. The summed E-state index contributed by atoms with van der Waals surface area (Å²) in [6, 6.07) is 5.64. The molecule has 4 rings (SSSR count). The van der Waals surface area contributed by atoms with Gasteiger partial charge in [0.05, 0.1) is 17.2 Å². The van der Waals surface area contributed by atoms with Crippen LogP contribution in [0.5, 0.6) is 0 Å². The number of nitrogens with zero attached hydrogens (tertiary/aromatic N) is 3. The molecule has 1 saturated heterocycles. The Hall–Kier alpha value is -2.63. The predicted molar refractivity (Wildman–Crippen MR) is 104 cm³/mol. The van der Waals surface area contributed by atoms with Crippen LogP contribution in [0.3, 0.4) is 0 Å². The van der Waals surface area contributed by atoms with Gasteiger partial charge in [0.1, 0.15) is 0 Å². The molecule has 142 valence electrons. The van der Waals surface area contributed by atoms with Crippen molar-refractivity contribution >= 4 is 17.5 Å². The lowest BCUT2D eigenvalue weighted by Gasteiger charge is -2.26. The third kappa shape index (κ3) is 2.58. The van der Waals surface area contributed by atoms with Crippen LogP contribution >= 0.6 is 0 Å². The number of likely N-dealkylation sites (tertiary alicyclic amines) is 1. The van der Waals surface area contributed by atoms with E-state index in [1.807, 2.05) is 55.6 Å². The van der Waals surface area contributed by atoms with Gasteiger partial charge in [0.2, 0.25) is 5.91 Å². The van der Waals surface area contributed by atoms with Crippen LogP contribution in [0.1, 0.15) is 65.6 Å². The fourth-order valence-electron chi connectivity index (χ4n) is 4.47. The highest BCUT2D eigenvalue weighted by Gasteiger charge is 2.39. The van der Waals surface area contributed by atoms with Gasteiger partial charge >= 0.3 is 0 Å². The Bertz CT molecular complexity index is 957. The second-order valence-corrected chi connectivity index (χ2v) is 8.20. The van der Waals surface area contributed by atoms with Gasteiger partial charge in [-0.3, -0.25) is 14.3 Å². The molecule has 2 aliphatic rings. The third-order valence-electron chi connectivity index (χ3n) is 6.17. The molecule has 1 atom stereocenters. The highest BCUT2D eigenvalue weighted by molar-refractivity contribution is 6.07. The molecule has 27 heavy (non-hydrogen) atoms. The zero-order valence-corrected chi connectivity index (χ0v) is 16.6. The Balaban J connectivity index is 1.67. The summed E-state index contributed by atoms with van der Waals surface area (Å²) in [5.41, 5.74) is 5.03. The number of hydrogen-bond donors (Lipinski definition) is 1. The van der Waals surface area contributed by atoms with Crippen LogP contribution in [0.4, 0.5) is 5.69 Å². The van der Waals surface area contributed by atoms with Crippen LogP contribution in [0.25, 0.3) is 0 Å². The Morgan fingerprint density at radius 1 is 1.30 bits per heavy atom. The second kappa shape index (κ2) is 5.94. The number of carbonyl (C=O) groups excluding carboxylic acids is 2. The number of carbonyl (C=O) groups is 2. The first-order chi connectivity index (χ1) is 12.7. The molecule has 1 unspecified atom stereocenters. The molecule has 1 aromatic carbocycles. The first-order valence-electron chi connectivity index (χ1n) is 9.49. The summed E-state index contributed by atoms with van der Waals surface area (Å²) < 4.78 is 1.89. The van der Waals surface area contributed by atoms with Crippen molar-refractivity contribution in [2.24, 2.45) is 7.05 Å². The molecule has 1 fully saturated rings. The van der Waals surface area contributed by atoms with Gasteiger partial charge in [-0.05, 0) is 58.2 Å². The standard InChI is InChI=1S/C21H26N4O2/c1-12-18(13(2)24(5)23-12)17-7-6-10-25(17)19(26)14-8-9-15-16(11-14)22-20(27)21(15,3)4/h8-9,11,17H,6-7,10H2,1-5H3,(H,22,27). The molecular formula is C21H26N4O2. The fraction of sp³-hybridized carbons (Fsp3) is 0.476. The number of hydrogen-bond acceptors (Lipinski definition) is 3. The van der Waals surface area contributed by atoms with Gasteiger partial charge in [0.25, 0.3) is 5.91 Å². The Morgan fingerprint density at radius 2 is 2.04 bits per heavy atom. The van der Waals surface area contributed by atoms with Gasteiger partial charge < -0.3 is 10.2 Å². The number of benzene rings is 1. The van der Waals surface area contributed by atoms with Crippen LogP contribution in [0, 0.1) is 13.8 Å². The van der Waals surface area contributed by atoms with E-state index >= 15 is 0 Å². The van der Waals surface area contributed by atoms with Gasteiger partial charge in [-0.2, -0.15) is 5.10 Å². The minimum absolute atomic E-state index is 0.0157. The van der Waals surface area contributed by atoms with E-state index in [2.05, 4.69) is 17.3 Å². The lowest BCUT2D eigenvalue weighted by Crippen LogP contribution is -2.31. The SMILES string of the molecule is Cc1nn(C)c(C)c1C1CCCN1C(=O)c1ccc2c(c1)NC(=O)C2(C)C. The third-order valence-corrected chi connectivity index (χ3v) is 6.17. The molecule has 0 radical (unpaired) electrons. The molecule has 1 N–H and O–H groups in total. The average Bonchev–Trinajstić information content (AvgIpc) is 3.24. The number of anilines is 1. The minimum Gasteiger partial charge on any atom is -0.331 e. The van der Waals surface area contributed by atoms with Gasteiger partial charge in [0, 0.05) is 36.1 Å². The molecule has 2 aliphatic heterocycles. The van der Waals surface area contributed by atoms with Crippen molar-refractivity contribution in [2.45, 2.75) is 52.0 Å². The van der Waals surface area contributed by atoms with E-state index in [1.54, 1.807) is 0 Å². The predicted octanol–water partition coefficient (Wildman–Crippen LogP) is 3.24. The van der Waals surface area contributed by atoms with E-state index < -0.39 is 5.41 Å². The van der Waals surface area contributed by atoms with Crippen molar-refractivity contribution in [3.05, 3.63) is 46.3 Å². The number of aromatic nitrogens is 2. The maximum absolute atomic E-state index is 13.3. The largest absolute Gasteiger partial charge is 0.331 e. The Morgan fingerprint density at radius 3 is 2.70 bits per heavy atom. The van der Waals surface area contributed by atoms with Crippen molar-refractivity contribution in [3.8, 4) is 0 Å². The zero-order chi connectivity index (χ0) is 19.5. The summed E-state index contributed by atoms with van der Waals surface area (Å²) in [5, 5.41) is 7.44. The van der Waals surface area contributed by atoms with Gasteiger partial charge in [-0.25, -0.2) is 0 Å². The van der Waals surface area contributed by atoms with Crippen molar-refractivity contribution in [3.63, 3.8) is 0 Å². The summed E-state index contributed by atoms with van der Waals surface area (Å²) in [6.07, 6.45) is 1.94. The van der Waals surface area contributed by atoms with Gasteiger partial charge in [-0.1, -0.05) is 6.07 Å². The van der Waals surface area contributed by atoms with Crippen LogP contribution in [-0.2, 0) is 17.3 Å². The molecule has 0 bridgehead atoms. The van der Waals surface area contributed by atoms with Crippen molar-refractivity contribution in [1.29, 1.82) is 0 Å². The maximum Gasteiger partial charge on any atom is 0.254 e. The molecule has 0 spiro atoms. The van der Waals surface area contributed by atoms with E-state index in [4.69, 9.17) is 0 Å². The molecule has 0 aliphatic carbocycles. The Kier molecular flexibility index (Phi) is 3.91. The first kappa shape index (κ1) is 17.8. The summed E-state index contributed by atoms with van der Waals surface area (Å²) >= 11 is 0. The summed E-state index contributed by atoms with van der Waals surface area (Å²) in [6.45, 7) is 8.62. The Labute approximate surface area is 159 Å². The minimum atomic E-state index is -0.559. The summed E-state index contributed by atoms with van der Waals surface area (Å²) in [4.78, 5) is 27.4. The van der Waals surface area contributed by atoms with E-state index in [0.29, 0.717) is 5.56 Å². The molecule has 6 nitrogen and oxygen atoms in total. The first-order valence-corrected chi connectivity index (χ1v) is 9.49. The summed E-state index contributed by atoms with van der Waals surface area (Å²) in [5.74, 6) is -0.00957. The fourth-order valence-corrected chi connectivity index (χ4v) is 4.47. The zero-order valence-electron chi connectivity index (χ0n) is 16.6. The highest BCUT2D eigenvalue weighted by Crippen LogP contribution is 2.40. The van der Waals surface area contributed by atoms with Crippen molar-refractivity contribution in [2.75, 3.05) is 11.9 Å². The normalized spacial score (nSPS) is 20.7. The monoisotopic (exact) mass is 366 g/mol. The van der Waals surface area contributed by atoms with Crippen molar-refractivity contribution < 1.29 is 9.59 Å². The van der Waals surface area contributed by atoms with Crippen LogP contribution in [-0.4, -0.2) is 33.0 Å². The quantitative estimate of drug-likeness (QED) is 0.887. The topological polar surface area (TPSA) is 67.2 Å². The lowest BCUT2D eigenvalue weighted by molar-refractivity contribution is -0.119. The van der Waals surface area contributed by atoms with E-state index in [0.717, 1.165) is 42.0 Å². The van der Waals surface area contributed by atoms with E-state index in [-0.39, 0.29) is 17.9 Å². The molecule has 1 aromatic heterocycles. The number of aryl methyl sites for hydroxylation is 2. The lowest BCUT2D eigenvalue weighted by atomic mass is 9.86. The molecule has 2 amide bonds. The van der Waals surface area contributed by atoms with E-state index in [9.17, 15) is 9.59 Å². The van der Waals surface area contributed by atoms with Crippen LogP contribution in [0.2, 0.25) is 0 Å². The molecule has 6 heteroatoms. The van der Waals surface area contributed by atoms with Crippen LogP contribution < -0.4 is 5.32 Å². The average molecular weight is 366 g/mol. The smallest absolute Gasteiger partial charge is 0.254 e. The highest BCUT2D eigenvalue weighted by atomic mass is 16.2. The van der Waals surface area contributed by atoms with Gasteiger partial charge in [-0.15, -0.1) is 0 Å².